The summed E-state index contributed by atoms with van der Waals surface area (Å²) in [6, 6.07) is 16.4. The molecule has 3 aromatic rings. The van der Waals surface area contributed by atoms with Crippen molar-refractivity contribution in [3.8, 4) is 6.07 Å². The fraction of sp³-hybridized carbons (Fsp3) is 0.360. The number of amides is 1. The molecule has 4 heterocycles. The number of anilines is 1. The van der Waals surface area contributed by atoms with Crippen molar-refractivity contribution in [2.24, 2.45) is 0 Å². The first-order valence-corrected chi connectivity index (χ1v) is 11.1. The Balaban J connectivity index is 1.14. The summed E-state index contributed by atoms with van der Waals surface area (Å²) < 4.78 is 5.85. The topological polar surface area (TPSA) is 82.4 Å². The molecule has 1 amide bonds. The number of ether oxygens (including phenoxy) is 1. The number of pyridine rings is 2. The van der Waals surface area contributed by atoms with Crippen LogP contribution in [-0.2, 0) is 16.1 Å². The van der Waals surface area contributed by atoms with E-state index in [0.29, 0.717) is 38.3 Å². The van der Waals surface area contributed by atoms with E-state index in [-0.39, 0.29) is 18.0 Å². The van der Waals surface area contributed by atoms with Gasteiger partial charge in [0.15, 0.2) is 0 Å². The van der Waals surface area contributed by atoms with Crippen LogP contribution >= 0.6 is 0 Å². The number of piperazine rings is 1. The largest absolute Gasteiger partial charge is 0.376 e. The molecule has 0 unspecified atom stereocenters. The Morgan fingerprint density at radius 3 is 2.69 bits per heavy atom. The SMILES string of the molecule is N#Cc1ccc(N2[C@@H]3CC[C@H]2CN(C(=O)CCOCc2cccc4ncccc24)C3)nc1. The summed E-state index contributed by atoms with van der Waals surface area (Å²) in [5.41, 5.74) is 2.61. The van der Waals surface area contributed by atoms with E-state index in [4.69, 9.17) is 10.00 Å². The van der Waals surface area contributed by atoms with Gasteiger partial charge in [-0.15, -0.1) is 0 Å². The fourth-order valence-corrected chi connectivity index (χ4v) is 4.88. The van der Waals surface area contributed by atoms with E-state index < -0.39 is 0 Å². The van der Waals surface area contributed by atoms with Gasteiger partial charge in [0.25, 0.3) is 0 Å². The van der Waals surface area contributed by atoms with Crippen molar-refractivity contribution in [3.05, 3.63) is 66.0 Å². The summed E-state index contributed by atoms with van der Waals surface area (Å²) in [6.07, 6.45) is 5.91. The summed E-state index contributed by atoms with van der Waals surface area (Å²) in [5.74, 6) is 1.05. The summed E-state index contributed by atoms with van der Waals surface area (Å²) >= 11 is 0. The third-order valence-electron chi connectivity index (χ3n) is 6.43. The number of nitriles is 1. The second kappa shape index (κ2) is 8.93. The molecule has 2 aliphatic rings. The lowest BCUT2D eigenvalue weighted by Gasteiger charge is -2.41. The lowest BCUT2D eigenvalue weighted by molar-refractivity contribution is -0.133. The van der Waals surface area contributed by atoms with Gasteiger partial charge in [-0.05, 0) is 42.7 Å². The molecule has 2 fully saturated rings. The van der Waals surface area contributed by atoms with Gasteiger partial charge in [-0.2, -0.15) is 5.26 Å². The Morgan fingerprint density at radius 2 is 1.94 bits per heavy atom. The molecule has 5 rings (SSSR count). The van der Waals surface area contributed by atoms with Crippen molar-refractivity contribution in [2.75, 3.05) is 24.6 Å². The number of benzene rings is 1. The highest BCUT2D eigenvalue weighted by Crippen LogP contribution is 2.34. The average Bonchev–Trinajstić information content (AvgIpc) is 3.10. The third-order valence-corrected chi connectivity index (χ3v) is 6.43. The van der Waals surface area contributed by atoms with Gasteiger partial charge in [-0.25, -0.2) is 4.98 Å². The van der Waals surface area contributed by atoms with E-state index in [1.807, 2.05) is 47.4 Å². The van der Waals surface area contributed by atoms with Gasteiger partial charge < -0.3 is 14.5 Å². The second-order valence-electron chi connectivity index (χ2n) is 8.40. The van der Waals surface area contributed by atoms with Crippen molar-refractivity contribution in [1.82, 2.24) is 14.9 Å². The van der Waals surface area contributed by atoms with Crippen LogP contribution in [0.3, 0.4) is 0 Å². The van der Waals surface area contributed by atoms with Crippen molar-refractivity contribution >= 4 is 22.6 Å². The molecule has 2 atom stereocenters. The first kappa shape index (κ1) is 20.4. The van der Waals surface area contributed by atoms with Crippen LogP contribution in [0.15, 0.2) is 54.9 Å². The van der Waals surface area contributed by atoms with Crippen molar-refractivity contribution in [1.29, 1.82) is 5.26 Å². The van der Waals surface area contributed by atoms with Gasteiger partial charge in [0.2, 0.25) is 5.91 Å². The van der Waals surface area contributed by atoms with Gasteiger partial charge >= 0.3 is 0 Å². The highest BCUT2D eigenvalue weighted by atomic mass is 16.5. The van der Waals surface area contributed by atoms with E-state index in [0.717, 1.165) is 35.1 Å². The number of likely N-dealkylation sites (tertiary alicyclic amines) is 1. The van der Waals surface area contributed by atoms with Gasteiger partial charge in [-0.1, -0.05) is 18.2 Å². The van der Waals surface area contributed by atoms with E-state index in [9.17, 15) is 4.79 Å². The van der Waals surface area contributed by atoms with Gasteiger partial charge in [0.05, 0.1) is 30.7 Å². The molecule has 1 aromatic carbocycles. The quantitative estimate of drug-likeness (QED) is 0.562. The zero-order chi connectivity index (χ0) is 21.9. The predicted octanol–water partition coefficient (Wildman–Crippen LogP) is 3.29. The maximum absolute atomic E-state index is 12.8. The highest BCUT2D eigenvalue weighted by Gasteiger charge is 2.41. The molecule has 32 heavy (non-hydrogen) atoms. The van der Waals surface area contributed by atoms with E-state index in [1.54, 1.807) is 12.4 Å². The normalized spacial score (nSPS) is 19.8. The summed E-state index contributed by atoms with van der Waals surface area (Å²) in [5, 5.41) is 10.1. The van der Waals surface area contributed by atoms with E-state index in [1.165, 1.54) is 0 Å². The van der Waals surface area contributed by atoms with Crippen LogP contribution in [0.1, 0.15) is 30.4 Å². The number of carbonyl (C=O) groups is 1. The lowest BCUT2D eigenvalue weighted by Crippen LogP contribution is -2.55. The standard InChI is InChI=1S/C25H25N5O2/c26-13-18-6-9-24(28-14-18)30-20-7-8-21(30)16-29(15-20)25(31)10-12-32-17-19-3-1-5-23-22(19)4-2-11-27-23/h1-6,9,11,14,20-21H,7-8,10,12,15-17H2/t20-,21+. The van der Waals surface area contributed by atoms with Crippen LogP contribution in [0.2, 0.25) is 0 Å². The van der Waals surface area contributed by atoms with Gasteiger partial charge in [-0.3, -0.25) is 9.78 Å². The molecule has 0 aliphatic carbocycles. The van der Waals surface area contributed by atoms with E-state index in [2.05, 4.69) is 20.9 Å². The van der Waals surface area contributed by atoms with Crippen LogP contribution < -0.4 is 4.90 Å². The minimum Gasteiger partial charge on any atom is -0.376 e. The molecule has 2 aromatic heterocycles. The molecule has 2 bridgehead atoms. The molecule has 7 heteroatoms. The predicted molar refractivity (Wildman–Crippen MR) is 121 cm³/mol. The number of carbonyl (C=O) groups excluding carboxylic acids is 1. The smallest absolute Gasteiger partial charge is 0.225 e. The Hall–Kier alpha value is -3.50. The summed E-state index contributed by atoms with van der Waals surface area (Å²) in [7, 11) is 0. The number of hydrogen-bond acceptors (Lipinski definition) is 6. The molecule has 0 radical (unpaired) electrons. The molecule has 2 saturated heterocycles. The number of nitrogens with zero attached hydrogens (tertiary/aromatic N) is 5. The molecular weight excluding hydrogens is 402 g/mol. The van der Waals surface area contributed by atoms with Crippen LogP contribution in [0.4, 0.5) is 5.82 Å². The average molecular weight is 428 g/mol. The summed E-state index contributed by atoms with van der Waals surface area (Å²) in [6.45, 7) is 2.31. The maximum atomic E-state index is 12.8. The summed E-state index contributed by atoms with van der Waals surface area (Å²) in [4.78, 5) is 26.0. The molecule has 2 aliphatic heterocycles. The Morgan fingerprint density at radius 1 is 1.09 bits per heavy atom. The van der Waals surface area contributed by atoms with Crippen molar-refractivity contribution < 1.29 is 9.53 Å². The van der Waals surface area contributed by atoms with Crippen molar-refractivity contribution in [3.63, 3.8) is 0 Å². The lowest BCUT2D eigenvalue weighted by atomic mass is 10.1. The van der Waals surface area contributed by atoms with Crippen LogP contribution in [0.25, 0.3) is 10.9 Å². The number of aromatic nitrogens is 2. The Bertz CT molecular complexity index is 1140. The Kier molecular flexibility index (Phi) is 5.70. The van der Waals surface area contributed by atoms with Crippen molar-refractivity contribution in [2.45, 2.75) is 38.0 Å². The highest BCUT2D eigenvalue weighted by molar-refractivity contribution is 5.81. The zero-order valence-electron chi connectivity index (χ0n) is 17.9. The van der Waals surface area contributed by atoms with Gasteiger partial charge in [0.1, 0.15) is 11.9 Å². The van der Waals surface area contributed by atoms with Gasteiger partial charge in [0, 0.05) is 43.0 Å². The minimum absolute atomic E-state index is 0.147. The third kappa shape index (κ3) is 4.02. The molecule has 0 saturated carbocycles. The first-order valence-electron chi connectivity index (χ1n) is 11.1. The molecule has 0 spiro atoms. The Labute approximate surface area is 187 Å². The minimum atomic E-state index is 0.147. The number of hydrogen-bond donors (Lipinski definition) is 0. The zero-order valence-corrected chi connectivity index (χ0v) is 17.9. The molecular formula is C25H25N5O2. The first-order chi connectivity index (χ1) is 15.7. The maximum Gasteiger partial charge on any atom is 0.225 e. The number of fused-ring (bicyclic) bond motifs is 3. The second-order valence-corrected chi connectivity index (χ2v) is 8.40. The monoisotopic (exact) mass is 427 g/mol. The van der Waals surface area contributed by atoms with E-state index >= 15 is 0 Å². The number of rotatable bonds is 6. The van der Waals surface area contributed by atoms with Crippen LogP contribution in [0, 0.1) is 11.3 Å². The molecule has 7 nitrogen and oxygen atoms in total. The molecule has 162 valence electrons. The van der Waals surface area contributed by atoms with Crippen LogP contribution in [-0.4, -0.2) is 52.6 Å². The van der Waals surface area contributed by atoms with Crippen LogP contribution in [0.5, 0.6) is 0 Å². The fourth-order valence-electron chi connectivity index (χ4n) is 4.88. The molecule has 0 N–H and O–H groups in total.